The van der Waals surface area contributed by atoms with Gasteiger partial charge >= 0.3 is 0 Å². The molecule has 0 spiro atoms. The van der Waals surface area contributed by atoms with Crippen LogP contribution in [0.4, 0.5) is 0 Å². The Balaban J connectivity index is 1.59. The lowest BCUT2D eigenvalue weighted by Gasteiger charge is -2.15. The summed E-state index contributed by atoms with van der Waals surface area (Å²) in [5.41, 5.74) is 0.0449. The van der Waals surface area contributed by atoms with E-state index in [9.17, 15) is 0 Å². The largest absolute Gasteiger partial charge is 0.339 e. The van der Waals surface area contributed by atoms with Gasteiger partial charge in [0.1, 0.15) is 0 Å². The number of aromatic nitrogens is 2. The first-order chi connectivity index (χ1) is 8.76. The second-order valence-electron chi connectivity index (χ2n) is 5.72. The molecule has 18 heavy (non-hydrogen) atoms. The quantitative estimate of drug-likeness (QED) is 0.908. The normalized spacial score (nSPS) is 29.2. The first-order valence-electron chi connectivity index (χ1n) is 6.92. The maximum absolute atomic E-state index is 5.45. The molecule has 5 heteroatoms. The van der Waals surface area contributed by atoms with Crippen LogP contribution in [0.5, 0.6) is 0 Å². The van der Waals surface area contributed by atoms with E-state index in [1.54, 1.807) is 0 Å². The lowest BCUT2D eigenvalue weighted by atomic mass is 9.90. The second-order valence-corrected chi connectivity index (χ2v) is 7.01. The third-order valence-electron chi connectivity index (χ3n) is 4.10. The maximum atomic E-state index is 5.45. The van der Waals surface area contributed by atoms with Crippen LogP contribution in [0.2, 0.25) is 0 Å². The Morgan fingerprint density at radius 3 is 3.00 bits per heavy atom. The molecular formula is C13H21N3OS. The summed E-state index contributed by atoms with van der Waals surface area (Å²) < 4.78 is 5.45. The topological polar surface area (TPSA) is 51.0 Å². The number of hydrogen-bond donors (Lipinski definition) is 1. The number of nitrogens with one attached hydrogen (secondary N) is 1. The highest BCUT2D eigenvalue weighted by Crippen LogP contribution is 2.32. The van der Waals surface area contributed by atoms with Gasteiger partial charge in [0.05, 0.1) is 11.2 Å². The third-order valence-corrected chi connectivity index (χ3v) is 5.47. The highest BCUT2D eigenvalue weighted by Gasteiger charge is 2.36. The summed E-state index contributed by atoms with van der Waals surface area (Å²) in [6.07, 6.45) is 6.58. The van der Waals surface area contributed by atoms with Crippen molar-refractivity contribution < 1.29 is 4.52 Å². The average Bonchev–Trinajstić information content (AvgIpc) is 3.08. The van der Waals surface area contributed by atoms with Crippen molar-refractivity contribution in [3.05, 3.63) is 11.7 Å². The second kappa shape index (κ2) is 5.21. The van der Waals surface area contributed by atoms with Crippen LogP contribution in [-0.4, -0.2) is 28.5 Å². The molecule has 3 rings (SSSR count). The van der Waals surface area contributed by atoms with Crippen LogP contribution in [0.15, 0.2) is 4.52 Å². The van der Waals surface area contributed by atoms with Gasteiger partial charge in [0.25, 0.3) is 0 Å². The van der Waals surface area contributed by atoms with Crippen LogP contribution in [0.3, 0.4) is 0 Å². The maximum Gasteiger partial charge on any atom is 0.233 e. The third kappa shape index (κ3) is 2.57. The molecule has 1 N–H and O–H groups in total. The minimum absolute atomic E-state index is 0.0449. The van der Waals surface area contributed by atoms with Crippen LogP contribution < -0.4 is 5.32 Å². The number of rotatable bonds is 4. The Morgan fingerprint density at radius 1 is 1.44 bits per heavy atom. The molecule has 2 fully saturated rings. The van der Waals surface area contributed by atoms with Gasteiger partial charge in [-0.05, 0) is 32.7 Å². The molecule has 1 saturated carbocycles. The SMILES string of the molecule is CC1(c2nc(CSC3CCCC3)no2)CCNC1. The van der Waals surface area contributed by atoms with E-state index in [1.807, 2.05) is 11.8 Å². The summed E-state index contributed by atoms with van der Waals surface area (Å²) >= 11 is 1.99. The summed E-state index contributed by atoms with van der Waals surface area (Å²) in [6.45, 7) is 4.20. The molecule has 0 aromatic carbocycles. The van der Waals surface area contributed by atoms with Gasteiger partial charge in [-0.1, -0.05) is 18.0 Å². The minimum atomic E-state index is 0.0449. The van der Waals surface area contributed by atoms with Crippen LogP contribution in [-0.2, 0) is 11.2 Å². The highest BCUT2D eigenvalue weighted by molar-refractivity contribution is 7.99. The predicted octanol–water partition coefficient (Wildman–Crippen LogP) is 2.50. The van der Waals surface area contributed by atoms with E-state index in [2.05, 4.69) is 22.4 Å². The number of hydrogen-bond acceptors (Lipinski definition) is 5. The van der Waals surface area contributed by atoms with Gasteiger partial charge in [-0.2, -0.15) is 16.7 Å². The van der Waals surface area contributed by atoms with Crippen molar-refractivity contribution in [2.24, 2.45) is 0 Å². The van der Waals surface area contributed by atoms with Gasteiger partial charge in [-0.3, -0.25) is 0 Å². The zero-order valence-corrected chi connectivity index (χ0v) is 11.8. The van der Waals surface area contributed by atoms with Crippen molar-refractivity contribution in [1.82, 2.24) is 15.5 Å². The van der Waals surface area contributed by atoms with Crippen LogP contribution >= 0.6 is 11.8 Å². The Bertz CT molecular complexity index is 395. The van der Waals surface area contributed by atoms with Gasteiger partial charge in [-0.15, -0.1) is 0 Å². The van der Waals surface area contributed by atoms with Gasteiger partial charge in [0.15, 0.2) is 5.82 Å². The van der Waals surface area contributed by atoms with Crippen molar-refractivity contribution in [3.63, 3.8) is 0 Å². The van der Waals surface area contributed by atoms with Gasteiger partial charge in [-0.25, -0.2) is 0 Å². The number of thioether (sulfide) groups is 1. The van der Waals surface area contributed by atoms with Gasteiger partial charge in [0.2, 0.25) is 5.89 Å². The van der Waals surface area contributed by atoms with E-state index >= 15 is 0 Å². The zero-order chi connectivity index (χ0) is 12.4. The van der Waals surface area contributed by atoms with Gasteiger partial charge < -0.3 is 9.84 Å². The van der Waals surface area contributed by atoms with Crippen molar-refractivity contribution in [2.45, 2.75) is 55.4 Å². The summed E-state index contributed by atoms with van der Waals surface area (Å²) in [4.78, 5) is 4.59. The summed E-state index contributed by atoms with van der Waals surface area (Å²) in [5.74, 6) is 2.59. The molecule has 1 aliphatic heterocycles. The molecule has 1 unspecified atom stereocenters. The standard InChI is InChI=1S/C13H21N3OS/c1-13(6-7-14-9-13)12-15-11(16-17-12)8-18-10-4-2-3-5-10/h10,14H,2-9H2,1H3. The average molecular weight is 267 g/mol. The van der Waals surface area contributed by atoms with E-state index in [0.717, 1.165) is 42.2 Å². The van der Waals surface area contributed by atoms with E-state index in [0.29, 0.717) is 0 Å². The van der Waals surface area contributed by atoms with Gasteiger partial charge in [0, 0.05) is 11.8 Å². The fourth-order valence-corrected chi connectivity index (χ4v) is 3.97. The molecular weight excluding hydrogens is 246 g/mol. The van der Waals surface area contributed by atoms with E-state index < -0.39 is 0 Å². The molecule has 0 bridgehead atoms. The lowest BCUT2D eigenvalue weighted by molar-refractivity contribution is 0.305. The first kappa shape index (κ1) is 12.5. The molecule has 1 saturated heterocycles. The molecule has 0 amide bonds. The summed E-state index contributed by atoms with van der Waals surface area (Å²) in [5, 5.41) is 8.31. The molecule has 1 aromatic heterocycles. The Kier molecular flexibility index (Phi) is 3.61. The van der Waals surface area contributed by atoms with Crippen LogP contribution in [0, 0.1) is 0 Å². The molecule has 1 atom stereocenters. The smallest absolute Gasteiger partial charge is 0.233 e. The Hall–Kier alpha value is -0.550. The summed E-state index contributed by atoms with van der Waals surface area (Å²) in [7, 11) is 0. The molecule has 1 aliphatic carbocycles. The van der Waals surface area contributed by atoms with E-state index in [1.165, 1.54) is 25.7 Å². The highest BCUT2D eigenvalue weighted by atomic mass is 32.2. The molecule has 1 aromatic rings. The van der Waals surface area contributed by atoms with Crippen molar-refractivity contribution in [1.29, 1.82) is 0 Å². The molecule has 2 heterocycles. The first-order valence-corrected chi connectivity index (χ1v) is 7.96. The fourth-order valence-electron chi connectivity index (χ4n) is 2.80. The minimum Gasteiger partial charge on any atom is -0.339 e. The molecule has 0 radical (unpaired) electrons. The predicted molar refractivity (Wildman–Crippen MR) is 72.7 cm³/mol. The van der Waals surface area contributed by atoms with Crippen LogP contribution in [0.25, 0.3) is 0 Å². The number of nitrogens with zero attached hydrogens (tertiary/aromatic N) is 2. The summed E-state index contributed by atoms with van der Waals surface area (Å²) in [6, 6.07) is 0. The lowest BCUT2D eigenvalue weighted by Crippen LogP contribution is -2.25. The van der Waals surface area contributed by atoms with Crippen molar-refractivity contribution >= 4 is 11.8 Å². The van der Waals surface area contributed by atoms with Crippen molar-refractivity contribution in [2.75, 3.05) is 13.1 Å². The van der Waals surface area contributed by atoms with Crippen LogP contribution in [0.1, 0.15) is 50.7 Å². The molecule has 4 nitrogen and oxygen atoms in total. The Morgan fingerprint density at radius 2 is 2.28 bits per heavy atom. The fraction of sp³-hybridized carbons (Fsp3) is 0.846. The zero-order valence-electron chi connectivity index (χ0n) is 10.9. The molecule has 2 aliphatic rings. The van der Waals surface area contributed by atoms with E-state index in [-0.39, 0.29) is 5.41 Å². The molecule has 100 valence electrons. The monoisotopic (exact) mass is 267 g/mol. The Labute approximate surface area is 112 Å². The van der Waals surface area contributed by atoms with E-state index in [4.69, 9.17) is 4.52 Å². The van der Waals surface area contributed by atoms with Crippen molar-refractivity contribution in [3.8, 4) is 0 Å².